The molecule has 10 heteroatoms. The van der Waals surface area contributed by atoms with Crippen LogP contribution in [0.5, 0.6) is 0 Å². The zero-order valence-electron chi connectivity index (χ0n) is 17.6. The van der Waals surface area contributed by atoms with Crippen LogP contribution in [0.3, 0.4) is 0 Å². The Morgan fingerprint density at radius 3 is 2.66 bits per heavy atom. The highest BCUT2D eigenvalue weighted by Gasteiger charge is 2.29. The number of methoxy groups -OCH3 is 1. The van der Waals surface area contributed by atoms with Crippen LogP contribution in [0.2, 0.25) is 0 Å². The van der Waals surface area contributed by atoms with Crippen molar-refractivity contribution in [3.63, 3.8) is 0 Å². The average Bonchev–Trinajstić information content (AvgIpc) is 3.09. The molecule has 8 nitrogen and oxygen atoms in total. The number of imidazole rings is 1. The smallest absolute Gasteiger partial charge is 0.409 e. The third kappa shape index (κ3) is 4.01. The normalized spacial score (nSPS) is 16.4. The van der Waals surface area contributed by atoms with Gasteiger partial charge in [-0.25, -0.2) is 18.6 Å². The number of hydrogen-bond acceptors (Lipinski definition) is 5. The lowest BCUT2D eigenvalue weighted by molar-refractivity contribution is -0.0241. The molecule has 4 rings (SSSR count). The van der Waals surface area contributed by atoms with Crippen molar-refractivity contribution in [2.24, 2.45) is 5.73 Å². The van der Waals surface area contributed by atoms with Gasteiger partial charge in [0.1, 0.15) is 17.3 Å². The van der Waals surface area contributed by atoms with Gasteiger partial charge in [0.25, 0.3) is 0 Å². The summed E-state index contributed by atoms with van der Waals surface area (Å²) in [6, 6.07) is 5.45. The van der Waals surface area contributed by atoms with Crippen molar-refractivity contribution in [1.82, 2.24) is 14.3 Å². The number of fused-ring (bicyclic) bond motifs is 1. The number of halogens is 2. The molecule has 0 unspecified atom stereocenters. The third-order valence-corrected chi connectivity index (χ3v) is 5.44. The van der Waals surface area contributed by atoms with Gasteiger partial charge in [-0.15, -0.1) is 0 Å². The van der Waals surface area contributed by atoms with Crippen molar-refractivity contribution in [3.8, 4) is 11.3 Å². The van der Waals surface area contributed by atoms with E-state index in [2.05, 4.69) is 4.98 Å². The molecule has 3 heterocycles. The summed E-state index contributed by atoms with van der Waals surface area (Å²) in [5.41, 5.74) is 6.59. The molecule has 2 aromatic heterocycles. The van der Waals surface area contributed by atoms with E-state index in [-0.39, 0.29) is 29.8 Å². The highest BCUT2D eigenvalue weighted by atomic mass is 19.1. The number of nitrogens with two attached hydrogens (primary N) is 1. The van der Waals surface area contributed by atoms with E-state index in [0.29, 0.717) is 24.5 Å². The first-order valence-electron chi connectivity index (χ1n) is 9.99. The minimum absolute atomic E-state index is 0.0976. The Morgan fingerprint density at radius 1 is 1.28 bits per heavy atom. The van der Waals surface area contributed by atoms with Crippen LogP contribution in [0.4, 0.5) is 13.6 Å². The predicted molar refractivity (Wildman–Crippen MR) is 111 cm³/mol. The fourth-order valence-electron chi connectivity index (χ4n) is 3.89. The number of ether oxygens (including phenoxy) is 2. The number of amides is 2. The molecule has 0 radical (unpaired) electrons. The van der Waals surface area contributed by atoms with Crippen molar-refractivity contribution in [2.75, 3.05) is 26.8 Å². The van der Waals surface area contributed by atoms with Gasteiger partial charge in [0.15, 0.2) is 0 Å². The molecule has 1 saturated heterocycles. The largest absolute Gasteiger partial charge is 0.453 e. The summed E-state index contributed by atoms with van der Waals surface area (Å²) in [5, 5.41) is 0. The zero-order chi connectivity index (χ0) is 23.0. The van der Waals surface area contributed by atoms with Crippen molar-refractivity contribution in [2.45, 2.75) is 19.4 Å². The Balaban J connectivity index is 1.80. The number of benzene rings is 1. The van der Waals surface area contributed by atoms with Gasteiger partial charge in [0.2, 0.25) is 5.91 Å². The van der Waals surface area contributed by atoms with E-state index in [1.54, 1.807) is 16.7 Å². The van der Waals surface area contributed by atoms with Crippen LogP contribution >= 0.6 is 0 Å². The second kappa shape index (κ2) is 8.54. The van der Waals surface area contributed by atoms with E-state index in [9.17, 15) is 18.4 Å². The van der Waals surface area contributed by atoms with Crippen LogP contribution in [-0.2, 0) is 15.9 Å². The molecule has 0 bridgehead atoms. The lowest BCUT2D eigenvalue weighted by atomic mass is 10.0. The van der Waals surface area contributed by atoms with E-state index in [1.807, 2.05) is 13.0 Å². The maximum Gasteiger partial charge on any atom is 0.409 e. The van der Waals surface area contributed by atoms with Gasteiger partial charge in [0, 0.05) is 24.7 Å². The minimum atomic E-state index is -0.944. The van der Waals surface area contributed by atoms with Gasteiger partial charge in [-0.05, 0) is 36.8 Å². The molecule has 1 aromatic carbocycles. The van der Waals surface area contributed by atoms with E-state index >= 15 is 0 Å². The van der Waals surface area contributed by atoms with E-state index in [1.165, 1.54) is 12.0 Å². The first-order valence-corrected chi connectivity index (χ1v) is 9.99. The molecule has 0 aliphatic carbocycles. The van der Waals surface area contributed by atoms with Crippen molar-refractivity contribution in [1.29, 1.82) is 0 Å². The summed E-state index contributed by atoms with van der Waals surface area (Å²) in [4.78, 5) is 29.3. The first kappa shape index (κ1) is 21.7. The Labute approximate surface area is 182 Å². The van der Waals surface area contributed by atoms with Crippen LogP contribution in [-0.4, -0.2) is 59.2 Å². The number of carbonyl (C=O) groups excluding carboxylic acids is 2. The summed E-state index contributed by atoms with van der Waals surface area (Å²) in [5.74, 6) is -2.82. The molecular formula is C22H22F2N4O4. The monoisotopic (exact) mass is 444 g/mol. The third-order valence-electron chi connectivity index (χ3n) is 5.44. The van der Waals surface area contributed by atoms with Gasteiger partial charge in [-0.3, -0.25) is 4.79 Å². The van der Waals surface area contributed by atoms with Gasteiger partial charge in [-0.2, -0.15) is 0 Å². The molecule has 1 aliphatic heterocycles. The van der Waals surface area contributed by atoms with Gasteiger partial charge < -0.3 is 24.5 Å². The maximum absolute atomic E-state index is 14.9. The lowest BCUT2D eigenvalue weighted by Crippen LogP contribution is -2.46. The summed E-state index contributed by atoms with van der Waals surface area (Å²) in [6.07, 6.45) is 1.11. The van der Waals surface area contributed by atoms with E-state index < -0.39 is 29.7 Å². The number of rotatable bonds is 4. The van der Waals surface area contributed by atoms with Crippen molar-refractivity contribution in [3.05, 3.63) is 58.9 Å². The van der Waals surface area contributed by atoms with Gasteiger partial charge in [0.05, 0.1) is 43.3 Å². The molecule has 3 aromatic rings. The SMILES string of the molecule is COC(=O)N1CCO[C@@H](Cc2c(-c3c(F)cc(C(N)=O)cc3F)nc3cc(C)ccn23)C1. The molecule has 0 saturated carbocycles. The standard InChI is InChI=1S/C22H22F2N4O4/c1-12-3-4-28-17(10-14-11-27(5-6-32-14)22(30)31-2)20(26-18(28)7-12)19-15(23)8-13(21(25)29)9-16(19)24/h3-4,7-9,14H,5-6,10-11H2,1-2H3,(H2,25,29)/t14-/m0/s1. The Bertz CT molecular complexity index is 1190. The second-order valence-corrected chi connectivity index (χ2v) is 7.63. The summed E-state index contributed by atoms with van der Waals surface area (Å²) in [7, 11) is 1.30. The van der Waals surface area contributed by atoms with Crippen LogP contribution in [0.1, 0.15) is 21.6 Å². The Hall–Kier alpha value is -3.53. The average molecular weight is 444 g/mol. The summed E-state index contributed by atoms with van der Waals surface area (Å²) < 4.78 is 42.2. The van der Waals surface area contributed by atoms with E-state index in [4.69, 9.17) is 15.2 Å². The summed E-state index contributed by atoms with van der Waals surface area (Å²) >= 11 is 0. The molecular weight excluding hydrogens is 422 g/mol. The second-order valence-electron chi connectivity index (χ2n) is 7.63. The van der Waals surface area contributed by atoms with Crippen LogP contribution < -0.4 is 5.73 Å². The number of morpholine rings is 1. The van der Waals surface area contributed by atoms with Gasteiger partial charge in [-0.1, -0.05) is 0 Å². The Kier molecular flexibility index (Phi) is 5.79. The Morgan fingerprint density at radius 2 is 2.00 bits per heavy atom. The van der Waals surface area contributed by atoms with Crippen molar-refractivity contribution >= 4 is 17.6 Å². The maximum atomic E-state index is 14.9. The van der Waals surface area contributed by atoms with Crippen LogP contribution in [0.25, 0.3) is 16.9 Å². The summed E-state index contributed by atoms with van der Waals surface area (Å²) in [6.45, 7) is 2.84. The number of aromatic nitrogens is 2. The number of carbonyl (C=O) groups is 2. The fourth-order valence-corrected chi connectivity index (χ4v) is 3.89. The number of nitrogens with zero attached hydrogens (tertiary/aromatic N) is 3. The van der Waals surface area contributed by atoms with Gasteiger partial charge >= 0.3 is 6.09 Å². The topological polar surface area (TPSA) is 99.2 Å². The highest BCUT2D eigenvalue weighted by Crippen LogP contribution is 2.32. The number of aryl methyl sites for hydroxylation is 1. The van der Waals surface area contributed by atoms with Crippen LogP contribution in [0, 0.1) is 18.6 Å². The zero-order valence-corrected chi connectivity index (χ0v) is 17.6. The molecule has 32 heavy (non-hydrogen) atoms. The first-order chi connectivity index (χ1) is 15.3. The van der Waals surface area contributed by atoms with Crippen molar-refractivity contribution < 1.29 is 27.8 Å². The predicted octanol–water partition coefficient (Wildman–Crippen LogP) is 2.70. The molecule has 1 atom stereocenters. The molecule has 2 amide bonds. The fraction of sp³-hybridized carbons (Fsp3) is 0.318. The minimum Gasteiger partial charge on any atom is -0.453 e. The highest BCUT2D eigenvalue weighted by molar-refractivity contribution is 5.93. The van der Waals surface area contributed by atoms with E-state index in [0.717, 1.165) is 17.7 Å². The number of pyridine rings is 1. The quantitative estimate of drug-likeness (QED) is 0.667. The molecule has 1 aliphatic rings. The number of hydrogen-bond donors (Lipinski definition) is 1. The number of primary amides is 1. The molecule has 168 valence electrons. The lowest BCUT2D eigenvalue weighted by Gasteiger charge is -2.32. The van der Waals surface area contributed by atoms with Crippen LogP contribution in [0.15, 0.2) is 30.5 Å². The molecule has 2 N–H and O–H groups in total. The molecule has 1 fully saturated rings. The molecule has 0 spiro atoms.